The quantitative estimate of drug-likeness (QED) is 0.888. The molecule has 1 saturated heterocycles. The van der Waals surface area contributed by atoms with Crippen LogP contribution in [0.2, 0.25) is 5.02 Å². The van der Waals surface area contributed by atoms with Crippen LogP contribution in [0.1, 0.15) is 19.8 Å². The molecule has 7 nitrogen and oxygen atoms in total. The zero-order chi connectivity index (χ0) is 16.9. The number of piperidine rings is 1. The number of rotatable bonds is 5. The Kier molecular flexibility index (Phi) is 5.42. The van der Waals surface area contributed by atoms with Gasteiger partial charge in [-0.15, -0.1) is 10.2 Å². The molecule has 1 amide bonds. The molecule has 0 aliphatic carbocycles. The Morgan fingerprint density at radius 2 is 2.17 bits per heavy atom. The number of amides is 1. The zero-order valence-corrected chi connectivity index (χ0v) is 14.4. The fraction of sp³-hybridized carbons (Fsp3) is 0.500. The summed E-state index contributed by atoms with van der Waals surface area (Å²) >= 11 is 5.96. The third-order valence-electron chi connectivity index (χ3n) is 4.22. The number of hydrogen-bond donors (Lipinski definition) is 1. The molecule has 128 valence electrons. The molecule has 3 rings (SSSR count). The molecule has 0 atom stereocenters. The second kappa shape index (κ2) is 7.72. The van der Waals surface area contributed by atoms with Gasteiger partial charge in [0, 0.05) is 29.7 Å². The topological polar surface area (TPSA) is 75.9 Å². The monoisotopic (exact) mass is 348 g/mol. The van der Waals surface area contributed by atoms with Crippen LogP contribution < -0.4 is 5.32 Å². The van der Waals surface area contributed by atoms with Crippen LogP contribution in [-0.4, -0.2) is 56.7 Å². The molecule has 2 heterocycles. The first-order valence-corrected chi connectivity index (χ1v) is 8.57. The molecule has 0 bridgehead atoms. The first-order valence-electron chi connectivity index (χ1n) is 8.19. The minimum Gasteiger partial charge on any atom is -0.352 e. The third-order valence-corrected chi connectivity index (χ3v) is 4.46. The van der Waals surface area contributed by atoms with Crippen molar-refractivity contribution in [1.82, 2.24) is 30.4 Å². The van der Waals surface area contributed by atoms with Crippen molar-refractivity contribution in [3.63, 3.8) is 0 Å². The number of carbonyl (C=O) groups is 1. The van der Waals surface area contributed by atoms with Crippen LogP contribution in [0.4, 0.5) is 0 Å². The average Bonchev–Trinajstić information content (AvgIpc) is 3.04. The first kappa shape index (κ1) is 16.9. The first-order chi connectivity index (χ1) is 11.6. The number of tetrazole rings is 1. The van der Waals surface area contributed by atoms with Crippen molar-refractivity contribution < 1.29 is 4.79 Å². The Morgan fingerprint density at radius 1 is 1.38 bits per heavy atom. The summed E-state index contributed by atoms with van der Waals surface area (Å²) in [4.78, 5) is 15.9. The summed E-state index contributed by atoms with van der Waals surface area (Å²) in [5.41, 5.74) is 0.779. The summed E-state index contributed by atoms with van der Waals surface area (Å²) in [7, 11) is 0. The SMILES string of the molecule is CCN1CCC(NC(=O)Cn2nnc(-c3cccc(Cl)c3)n2)CC1. The highest BCUT2D eigenvalue weighted by molar-refractivity contribution is 6.30. The normalized spacial score (nSPS) is 16.2. The predicted molar refractivity (Wildman–Crippen MR) is 91.5 cm³/mol. The van der Waals surface area contributed by atoms with Gasteiger partial charge in [0.25, 0.3) is 0 Å². The van der Waals surface area contributed by atoms with Gasteiger partial charge >= 0.3 is 0 Å². The van der Waals surface area contributed by atoms with Gasteiger partial charge < -0.3 is 10.2 Å². The number of hydrogen-bond acceptors (Lipinski definition) is 5. The summed E-state index contributed by atoms with van der Waals surface area (Å²) in [6, 6.07) is 7.47. The number of aromatic nitrogens is 4. The van der Waals surface area contributed by atoms with Gasteiger partial charge in [0.15, 0.2) is 0 Å². The maximum Gasteiger partial charge on any atom is 0.243 e. The van der Waals surface area contributed by atoms with E-state index >= 15 is 0 Å². The van der Waals surface area contributed by atoms with Crippen LogP contribution in [0.5, 0.6) is 0 Å². The fourth-order valence-corrected chi connectivity index (χ4v) is 3.04. The Bertz CT molecular complexity index is 695. The highest BCUT2D eigenvalue weighted by Gasteiger charge is 2.20. The molecule has 2 aromatic rings. The number of likely N-dealkylation sites (tertiary alicyclic amines) is 1. The molecule has 1 aliphatic rings. The standard InChI is InChI=1S/C16H21ClN6O/c1-2-22-8-6-14(7-9-22)18-15(24)11-23-20-16(19-21-23)12-4-3-5-13(17)10-12/h3-5,10,14H,2,6-9,11H2,1H3,(H,18,24). The molecule has 1 aromatic heterocycles. The smallest absolute Gasteiger partial charge is 0.243 e. The van der Waals surface area contributed by atoms with E-state index in [2.05, 4.69) is 32.6 Å². The molecule has 0 spiro atoms. The van der Waals surface area contributed by atoms with E-state index in [4.69, 9.17) is 11.6 Å². The number of nitrogens with one attached hydrogen (secondary N) is 1. The van der Waals surface area contributed by atoms with Crippen LogP contribution in [0, 0.1) is 0 Å². The Balaban J connectivity index is 1.54. The maximum atomic E-state index is 12.2. The van der Waals surface area contributed by atoms with Crippen LogP contribution >= 0.6 is 11.6 Å². The Morgan fingerprint density at radius 3 is 2.88 bits per heavy atom. The minimum atomic E-state index is -0.0833. The van der Waals surface area contributed by atoms with Gasteiger partial charge in [-0.3, -0.25) is 4.79 Å². The molecular weight excluding hydrogens is 328 g/mol. The summed E-state index contributed by atoms with van der Waals surface area (Å²) in [6.45, 7) is 5.36. The fourth-order valence-electron chi connectivity index (χ4n) is 2.85. The van der Waals surface area contributed by atoms with Crippen LogP contribution in [0.3, 0.4) is 0 Å². The van der Waals surface area contributed by atoms with Crippen LogP contribution in [0.25, 0.3) is 11.4 Å². The van der Waals surface area contributed by atoms with E-state index in [9.17, 15) is 4.79 Å². The van der Waals surface area contributed by atoms with Crippen molar-refractivity contribution in [2.75, 3.05) is 19.6 Å². The van der Waals surface area contributed by atoms with Crippen molar-refractivity contribution in [1.29, 1.82) is 0 Å². The van der Waals surface area contributed by atoms with E-state index in [1.807, 2.05) is 12.1 Å². The summed E-state index contributed by atoms with van der Waals surface area (Å²) in [5, 5.41) is 15.8. The lowest BCUT2D eigenvalue weighted by molar-refractivity contribution is -0.123. The molecule has 0 unspecified atom stereocenters. The number of halogens is 1. The maximum absolute atomic E-state index is 12.2. The van der Waals surface area contributed by atoms with Gasteiger partial charge in [-0.25, -0.2) is 0 Å². The highest BCUT2D eigenvalue weighted by atomic mass is 35.5. The van der Waals surface area contributed by atoms with Crippen LogP contribution in [-0.2, 0) is 11.3 Å². The van der Waals surface area contributed by atoms with E-state index in [1.165, 1.54) is 4.80 Å². The second-order valence-corrected chi connectivity index (χ2v) is 6.37. The van der Waals surface area contributed by atoms with Gasteiger partial charge in [0.1, 0.15) is 6.54 Å². The van der Waals surface area contributed by atoms with Crippen LogP contribution in [0.15, 0.2) is 24.3 Å². The van der Waals surface area contributed by atoms with Crippen molar-refractivity contribution in [3.8, 4) is 11.4 Å². The van der Waals surface area contributed by atoms with E-state index in [1.54, 1.807) is 12.1 Å². The summed E-state index contributed by atoms with van der Waals surface area (Å²) in [6.07, 6.45) is 1.97. The molecule has 24 heavy (non-hydrogen) atoms. The van der Waals surface area contributed by atoms with E-state index in [0.717, 1.165) is 38.0 Å². The van der Waals surface area contributed by atoms with Gasteiger partial charge in [-0.2, -0.15) is 4.80 Å². The molecule has 1 aliphatic heterocycles. The van der Waals surface area contributed by atoms with Gasteiger partial charge in [0.2, 0.25) is 11.7 Å². The molecule has 0 radical (unpaired) electrons. The predicted octanol–water partition coefficient (Wildman–Crippen LogP) is 1.59. The molecule has 0 saturated carbocycles. The number of carbonyl (C=O) groups excluding carboxylic acids is 1. The summed E-state index contributed by atoms with van der Waals surface area (Å²) in [5.74, 6) is 0.376. The molecule has 1 aromatic carbocycles. The molecular formula is C16H21ClN6O. The lowest BCUT2D eigenvalue weighted by atomic mass is 10.1. The van der Waals surface area contributed by atoms with Crippen molar-refractivity contribution in [2.24, 2.45) is 0 Å². The zero-order valence-electron chi connectivity index (χ0n) is 13.7. The highest BCUT2D eigenvalue weighted by Crippen LogP contribution is 2.18. The van der Waals surface area contributed by atoms with Crippen molar-refractivity contribution in [3.05, 3.63) is 29.3 Å². The lowest BCUT2D eigenvalue weighted by Gasteiger charge is -2.31. The molecule has 1 fully saturated rings. The summed E-state index contributed by atoms with van der Waals surface area (Å²) < 4.78 is 0. The van der Waals surface area contributed by atoms with E-state index in [-0.39, 0.29) is 18.5 Å². The molecule has 1 N–H and O–H groups in total. The number of benzene rings is 1. The number of nitrogens with zero attached hydrogens (tertiary/aromatic N) is 5. The lowest BCUT2D eigenvalue weighted by Crippen LogP contribution is -2.45. The average molecular weight is 349 g/mol. The Labute approximate surface area is 146 Å². The second-order valence-electron chi connectivity index (χ2n) is 5.93. The van der Waals surface area contributed by atoms with Crippen molar-refractivity contribution >= 4 is 17.5 Å². The van der Waals surface area contributed by atoms with E-state index in [0.29, 0.717) is 10.8 Å². The molecule has 8 heteroatoms. The van der Waals surface area contributed by atoms with Gasteiger partial charge in [-0.05, 0) is 36.7 Å². The Hall–Kier alpha value is -1.99. The third kappa shape index (κ3) is 4.30. The van der Waals surface area contributed by atoms with E-state index < -0.39 is 0 Å². The van der Waals surface area contributed by atoms with Crippen molar-refractivity contribution in [2.45, 2.75) is 32.4 Å². The van der Waals surface area contributed by atoms with Gasteiger partial charge in [0.05, 0.1) is 0 Å². The minimum absolute atomic E-state index is 0.0710. The van der Waals surface area contributed by atoms with Gasteiger partial charge in [-0.1, -0.05) is 30.7 Å². The largest absolute Gasteiger partial charge is 0.352 e.